The molecule has 0 radical (unpaired) electrons. The molecule has 0 amide bonds. The topological polar surface area (TPSA) is 0 Å². The Morgan fingerprint density at radius 2 is 1.50 bits per heavy atom. The molecular formula is C2H3F5Si. The molecule has 0 aliphatic heterocycles. The molecule has 50 valence electrons. The van der Waals surface area contributed by atoms with E-state index in [1.165, 1.54) is 0 Å². The minimum absolute atomic E-state index is 1.87. The third-order valence-corrected chi connectivity index (χ3v) is 1.16. The Bertz CT molecular complexity index is 65.3. The SMILES string of the molecule is FC(F)C[Si](F)(F)F. The van der Waals surface area contributed by atoms with Crippen molar-refractivity contribution in [3.05, 3.63) is 0 Å². The van der Waals surface area contributed by atoms with E-state index in [-0.39, 0.29) is 0 Å². The van der Waals surface area contributed by atoms with Crippen molar-refractivity contribution in [2.24, 2.45) is 0 Å². The van der Waals surface area contributed by atoms with E-state index in [0.29, 0.717) is 0 Å². The molecule has 8 heavy (non-hydrogen) atoms. The molecule has 0 aromatic heterocycles. The van der Waals surface area contributed by atoms with Gasteiger partial charge in [-0.1, -0.05) is 0 Å². The number of hydrogen-bond acceptors (Lipinski definition) is 0. The first-order chi connectivity index (χ1) is 3.42. The molecule has 0 aliphatic carbocycles. The third kappa shape index (κ3) is 5.87. The average molecular weight is 150 g/mol. The molecule has 0 aliphatic rings. The molecule has 0 spiro atoms. The number of alkyl halides is 2. The van der Waals surface area contributed by atoms with Crippen molar-refractivity contribution >= 4 is 9.08 Å². The van der Waals surface area contributed by atoms with Gasteiger partial charge in [-0.3, -0.25) is 0 Å². The van der Waals surface area contributed by atoms with Gasteiger partial charge in [0.05, 0.1) is 6.04 Å². The molecule has 0 N–H and O–H groups in total. The van der Waals surface area contributed by atoms with E-state index in [1.807, 2.05) is 0 Å². The zero-order valence-corrected chi connectivity index (χ0v) is 4.67. The van der Waals surface area contributed by atoms with E-state index in [0.717, 1.165) is 0 Å². The van der Waals surface area contributed by atoms with Crippen LogP contribution in [0, 0.1) is 0 Å². The molecule has 0 saturated heterocycles. The van der Waals surface area contributed by atoms with Gasteiger partial charge in [-0.2, -0.15) is 0 Å². The van der Waals surface area contributed by atoms with Crippen molar-refractivity contribution < 1.29 is 21.1 Å². The lowest BCUT2D eigenvalue weighted by Gasteiger charge is -1.97. The summed E-state index contributed by atoms with van der Waals surface area (Å²) in [5.74, 6) is 0. The maximum atomic E-state index is 11.0. The molecule has 6 heteroatoms. The van der Waals surface area contributed by atoms with Crippen molar-refractivity contribution in [2.45, 2.75) is 12.5 Å². The summed E-state index contributed by atoms with van der Waals surface area (Å²) in [4.78, 5) is 0. The normalized spacial score (nSPS) is 12.8. The van der Waals surface area contributed by atoms with Gasteiger partial charge in [-0.25, -0.2) is 21.1 Å². The zero-order chi connectivity index (χ0) is 6.78. The summed E-state index contributed by atoms with van der Waals surface area (Å²) in [6.45, 7) is 0. The quantitative estimate of drug-likeness (QED) is 0.321. The van der Waals surface area contributed by atoms with Gasteiger partial charge in [-0.15, -0.1) is 0 Å². The van der Waals surface area contributed by atoms with E-state index in [1.54, 1.807) is 0 Å². The molecule has 0 atom stereocenters. The van der Waals surface area contributed by atoms with Crippen LogP contribution in [0.4, 0.5) is 21.1 Å². The number of rotatable bonds is 2. The van der Waals surface area contributed by atoms with Crippen LogP contribution in [0.25, 0.3) is 0 Å². The van der Waals surface area contributed by atoms with Crippen molar-refractivity contribution in [3.63, 3.8) is 0 Å². The van der Waals surface area contributed by atoms with Crippen LogP contribution < -0.4 is 0 Å². The first kappa shape index (κ1) is 7.87. The summed E-state index contributed by atoms with van der Waals surface area (Å²) < 4.78 is 54.6. The lowest BCUT2D eigenvalue weighted by atomic mass is 10.9. The Balaban J connectivity index is 3.39. The van der Waals surface area contributed by atoms with Crippen molar-refractivity contribution in [2.75, 3.05) is 0 Å². The van der Waals surface area contributed by atoms with E-state index >= 15 is 0 Å². The maximum absolute atomic E-state index is 11.0. The summed E-state index contributed by atoms with van der Waals surface area (Å²) in [5, 5.41) is 0. The second-order valence-corrected chi connectivity index (χ2v) is 2.85. The molecule has 0 aromatic carbocycles. The second kappa shape index (κ2) is 2.43. The van der Waals surface area contributed by atoms with Crippen LogP contribution in [0.1, 0.15) is 0 Å². The maximum Gasteiger partial charge on any atom is 0.621 e. The summed E-state index contributed by atoms with van der Waals surface area (Å²) in [7, 11) is -5.97. The molecule has 0 unspecified atom stereocenters. The Morgan fingerprint density at radius 1 is 1.12 bits per heavy atom. The van der Waals surface area contributed by atoms with E-state index in [9.17, 15) is 21.1 Å². The Morgan fingerprint density at radius 3 is 1.50 bits per heavy atom. The molecule has 0 nitrogen and oxygen atoms in total. The number of halogens is 5. The minimum atomic E-state index is -5.97. The molecule has 0 saturated carbocycles. The highest BCUT2D eigenvalue weighted by atomic mass is 28.5. The third-order valence-electron chi connectivity index (χ3n) is 0.386. The molecule has 0 bridgehead atoms. The smallest absolute Gasteiger partial charge is 0.237 e. The predicted octanol–water partition coefficient (Wildman–Crippen LogP) is 2.10. The summed E-state index contributed by atoms with van der Waals surface area (Å²) in [5.41, 5.74) is 0. The van der Waals surface area contributed by atoms with Crippen LogP contribution in [0.15, 0.2) is 0 Å². The predicted molar refractivity (Wildman–Crippen MR) is 19.9 cm³/mol. The Hall–Kier alpha value is -0.133. The van der Waals surface area contributed by atoms with Gasteiger partial charge < -0.3 is 0 Å². The van der Waals surface area contributed by atoms with Gasteiger partial charge in [0.25, 0.3) is 0 Å². The van der Waals surface area contributed by atoms with Crippen molar-refractivity contribution in [1.29, 1.82) is 0 Å². The lowest BCUT2D eigenvalue weighted by molar-refractivity contribution is 0.159. The van der Waals surface area contributed by atoms with Crippen LogP contribution in [0.5, 0.6) is 0 Å². The fourth-order valence-corrected chi connectivity index (χ4v) is 0.525. The van der Waals surface area contributed by atoms with Gasteiger partial charge in [0.15, 0.2) is 0 Å². The van der Waals surface area contributed by atoms with Crippen LogP contribution in [0.3, 0.4) is 0 Å². The fourth-order valence-electron chi connectivity index (χ4n) is 0.175. The summed E-state index contributed by atoms with van der Waals surface area (Å²) in [6.07, 6.45) is -3.22. The minimum Gasteiger partial charge on any atom is -0.237 e. The fraction of sp³-hybridized carbons (Fsp3) is 1.00. The van der Waals surface area contributed by atoms with E-state index in [4.69, 9.17) is 0 Å². The van der Waals surface area contributed by atoms with Crippen LogP contribution >= 0.6 is 0 Å². The van der Waals surface area contributed by atoms with Crippen LogP contribution in [-0.4, -0.2) is 15.5 Å². The van der Waals surface area contributed by atoms with Gasteiger partial charge in [0.2, 0.25) is 6.43 Å². The Kier molecular flexibility index (Phi) is 2.39. The molecule has 0 heterocycles. The standard InChI is InChI=1S/C2H3F5Si/c3-2(4)1-8(5,6)7/h2H,1H2. The highest BCUT2D eigenvalue weighted by Crippen LogP contribution is 2.18. The van der Waals surface area contributed by atoms with Gasteiger partial charge >= 0.3 is 9.08 Å². The highest BCUT2D eigenvalue weighted by molar-refractivity contribution is 6.58. The van der Waals surface area contributed by atoms with Gasteiger partial charge in [-0.05, 0) is 0 Å². The molecule has 0 fully saturated rings. The van der Waals surface area contributed by atoms with Crippen molar-refractivity contribution in [3.8, 4) is 0 Å². The van der Waals surface area contributed by atoms with Crippen LogP contribution in [-0.2, 0) is 0 Å². The van der Waals surface area contributed by atoms with Gasteiger partial charge in [0.1, 0.15) is 0 Å². The average Bonchev–Trinajstić information content (AvgIpc) is 1.21. The lowest BCUT2D eigenvalue weighted by Crippen LogP contribution is -2.18. The molecular weight excluding hydrogens is 147 g/mol. The zero-order valence-electron chi connectivity index (χ0n) is 3.67. The molecule has 0 aromatic rings. The van der Waals surface area contributed by atoms with Gasteiger partial charge in [0, 0.05) is 0 Å². The summed E-state index contributed by atoms with van der Waals surface area (Å²) in [6, 6.07) is -1.87. The van der Waals surface area contributed by atoms with E-state index in [2.05, 4.69) is 0 Å². The first-order valence-corrected chi connectivity index (χ1v) is 3.61. The first-order valence-electron chi connectivity index (χ1n) is 1.77. The van der Waals surface area contributed by atoms with E-state index < -0.39 is 21.5 Å². The number of hydrogen-bond donors (Lipinski definition) is 0. The van der Waals surface area contributed by atoms with Crippen LogP contribution in [0.2, 0.25) is 6.04 Å². The van der Waals surface area contributed by atoms with Crippen molar-refractivity contribution in [1.82, 2.24) is 0 Å². The summed E-state index contributed by atoms with van der Waals surface area (Å²) >= 11 is 0. The second-order valence-electron chi connectivity index (χ2n) is 1.21. The highest BCUT2D eigenvalue weighted by Gasteiger charge is 2.40. The largest absolute Gasteiger partial charge is 0.621 e. The molecule has 0 rings (SSSR count). The monoisotopic (exact) mass is 150 g/mol. The Labute approximate surface area is 43.8 Å².